The van der Waals surface area contributed by atoms with Crippen molar-refractivity contribution in [3.05, 3.63) is 12.1 Å². The molecular weight excluding hydrogens is 264 g/mol. The van der Waals surface area contributed by atoms with Crippen molar-refractivity contribution in [1.29, 1.82) is 0 Å². The van der Waals surface area contributed by atoms with E-state index in [9.17, 15) is 0 Å². The summed E-state index contributed by atoms with van der Waals surface area (Å²) in [5.74, 6) is 1.47. The van der Waals surface area contributed by atoms with Crippen LogP contribution in [0.2, 0.25) is 0 Å². The van der Waals surface area contributed by atoms with Gasteiger partial charge in [0.05, 0.1) is 5.69 Å². The monoisotopic (exact) mass is 292 g/mol. The van der Waals surface area contributed by atoms with Crippen molar-refractivity contribution in [3.63, 3.8) is 0 Å². The first-order chi connectivity index (χ1) is 9.67. The molecule has 2 N–H and O–H groups in total. The van der Waals surface area contributed by atoms with E-state index in [-0.39, 0.29) is 5.60 Å². The van der Waals surface area contributed by atoms with E-state index in [1.807, 2.05) is 32.9 Å². The third-order valence-electron chi connectivity index (χ3n) is 3.96. The second-order valence-electron chi connectivity index (χ2n) is 7.05. The van der Waals surface area contributed by atoms with Crippen LogP contribution in [-0.2, 0) is 0 Å². The smallest absolute Gasteiger partial charge is 0.239 e. The summed E-state index contributed by atoms with van der Waals surface area (Å²) in [5, 5.41) is 0. The number of nitrogens with two attached hydrogens (primary N) is 1. The third kappa shape index (κ3) is 3.79. The highest BCUT2D eigenvalue weighted by atomic mass is 16.5. The Morgan fingerprint density at radius 2 is 1.76 bits per heavy atom. The molecule has 1 aromatic rings. The van der Waals surface area contributed by atoms with E-state index in [2.05, 4.69) is 35.7 Å². The molecule has 0 bridgehead atoms. The Morgan fingerprint density at radius 1 is 1.19 bits per heavy atom. The predicted octanol–water partition coefficient (Wildman–Crippen LogP) is 2.37. The minimum Gasteiger partial charge on any atom is -0.470 e. The molecule has 2 unspecified atom stereocenters. The van der Waals surface area contributed by atoms with E-state index >= 15 is 0 Å². The normalized spacial score (nSPS) is 24.2. The fraction of sp³-hybridized carbons (Fsp3) is 0.688. The van der Waals surface area contributed by atoms with E-state index < -0.39 is 0 Å². The Morgan fingerprint density at radius 3 is 2.29 bits per heavy atom. The maximum atomic E-state index is 5.99. The number of anilines is 2. The average Bonchev–Trinajstić information content (AvgIpc) is 2.36. The molecule has 1 aromatic heterocycles. The Balaban J connectivity index is 2.23. The lowest BCUT2D eigenvalue weighted by molar-refractivity contribution is 0.125. The van der Waals surface area contributed by atoms with Gasteiger partial charge in [-0.25, -0.2) is 0 Å². The van der Waals surface area contributed by atoms with Crippen LogP contribution in [0.5, 0.6) is 5.88 Å². The summed E-state index contributed by atoms with van der Waals surface area (Å²) in [5.41, 5.74) is 6.27. The summed E-state index contributed by atoms with van der Waals surface area (Å²) >= 11 is 0. The molecule has 2 heterocycles. The highest BCUT2D eigenvalue weighted by Crippen LogP contribution is 2.28. The van der Waals surface area contributed by atoms with Crippen LogP contribution in [-0.4, -0.2) is 47.7 Å². The fourth-order valence-corrected chi connectivity index (χ4v) is 2.58. The molecule has 0 aromatic carbocycles. The number of hydrogen-bond acceptors (Lipinski definition) is 5. The van der Waals surface area contributed by atoms with Gasteiger partial charge in [-0.15, -0.1) is 0 Å². The molecule has 0 spiro atoms. The van der Waals surface area contributed by atoms with Crippen molar-refractivity contribution in [2.75, 3.05) is 30.8 Å². The topological polar surface area (TPSA) is 54.6 Å². The Kier molecular flexibility index (Phi) is 4.33. The van der Waals surface area contributed by atoms with Crippen LogP contribution < -0.4 is 15.4 Å². The van der Waals surface area contributed by atoms with Gasteiger partial charge in [0, 0.05) is 25.2 Å². The average molecular weight is 292 g/mol. The molecule has 118 valence electrons. The fourth-order valence-electron chi connectivity index (χ4n) is 2.58. The number of hydrogen-bond donors (Lipinski definition) is 1. The number of rotatable bonds is 2. The summed E-state index contributed by atoms with van der Waals surface area (Å²) in [4.78, 5) is 9.35. The quantitative estimate of drug-likeness (QED) is 0.907. The molecular formula is C16H28N4O. The van der Waals surface area contributed by atoms with Gasteiger partial charge < -0.3 is 15.4 Å². The van der Waals surface area contributed by atoms with Gasteiger partial charge in [0.25, 0.3) is 0 Å². The summed E-state index contributed by atoms with van der Waals surface area (Å²) in [6.45, 7) is 12.4. The van der Waals surface area contributed by atoms with Crippen LogP contribution in [0.25, 0.3) is 0 Å². The first-order valence-electron chi connectivity index (χ1n) is 7.60. The number of likely N-dealkylation sites (N-methyl/N-ethyl adjacent to an activating group) is 1. The maximum Gasteiger partial charge on any atom is 0.239 e. The highest BCUT2D eigenvalue weighted by Gasteiger charge is 2.27. The van der Waals surface area contributed by atoms with Gasteiger partial charge in [0.1, 0.15) is 11.4 Å². The van der Waals surface area contributed by atoms with E-state index in [1.54, 1.807) is 0 Å². The predicted molar refractivity (Wildman–Crippen MR) is 87.9 cm³/mol. The molecule has 1 aliphatic rings. The second-order valence-corrected chi connectivity index (χ2v) is 7.05. The van der Waals surface area contributed by atoms with E-state index in [0.29, 0.717) is 23.7 Å². The lowest BCUT2D eigenvalue weighted by atomic mass is 10.1. The van der Waals surface area contributed by atoms with Crippen molar-refractivity contribution in [3.8, 4) is 5.88 Å². The number of nitrogens with zero attached hydrogens (tertiary/aromatic N) is 3. The van der Waals surface area contributed by atoms with Crippen LogP contribution in [0.3, 0.4) is 0 Å². The van der Waals surface area contributed by atoms with Crippen molar-refractivity contribution in [2.45, 2.75) is 52.3 Å². The lowest BCUT2D eigenvalue weighted by Gasteiger charge is -2.43. The van der Waals surface area contributed by atoms with Crippen molar-refractivity contribution in [2.24, 2.45) is 0 Å². The lowest BCUT2D eigenvalue weighted by Crippen LogP contribution is -2.55. The molecule has 0 radical (unpaired) electrons. The van der Waals surface area contributed by atoms with Crippen LogP contribution >= 0.6 is 0 Å². The van der Waals surface area contributed by atoms with Crippen LogP contribution in [0.15, 0.2) is 12.1 Å². The Bertz CT molecular complexity index is 486. The number of ether oxygens (including phenoxy) is 1. The summed E-state index contributed by atoms with van der Waals surface area (Å²) < 4.78 is 5.87. The van der Waals surface area contributed by atoms with Crippen molar-refractivity contribution < 1.29 is 4.74 Å². The van der Waals surface area contributed by atoms with Gasteiger partial charge in [-0.1, -0.05) is 0 Å². The zero-order valence-electron chi connectivity index (χ0n) is 14.1. The number of aromatic nitrogens is 1. The largest absolute Gasteiger partial charge is 0.470 e. The van der Waals surface area contributed by atoms with E-state index in [1.165, 1.54) is 0 Å². The van der Waals surface area contributed by atoms with Gasteiger partial charge in [-0.05, 0) is 53.8 Å². The number of nitrogen functional groups attached to an aromatic ring is 1. The molecule has 1 aliphatic heterocycles. The molecule has 2 rings (SSSR count). The minimum absolute atomic E-state index is 0.303. The van der Waals surface area contributed by atoms with Crippen LogP contribution in [0.4, 0.5) is 11.5 Å². The maximum absolute atomic E-state index is 5.99. The molecule has 1 saturated heterocycles. The van der Waals surface area contributed by atoms with Gasteiger partial charge >= 0.3 is 0 Å². The Hall–Kier alpha value is -1.49. The zero-order valence-corrected chi connectivity index (χ0v) is 14.1. The third-order valence-corrected chi connectivity index (χ3v) is 3.96. The van der Waals surface area contributed by atoms with E-state index in [0.717, 1.165) is 18.9 Å². The molecule has 21 heavy (non-hydrogen) atoms. The minimum atomic E-state index is -0.303. The number of piperazine rings is 1. The molecule has 2 atom stereocenters. The van der Waals surface area contributed by atoms with E-state index in [4.69, 9.17) is 10.5 Å². The van der Waals surface area contributed by atoms with Gasteiger partial charge in [-0.3, -0.25) is 4.90 Å². The molecule has 0 aliphatic carbocycles. The second kappa shape index (κ2) is 5.72. The summed E-state index contributed by atoms with van der Waals surface area (Å²) in [6, 6.07) is 4.87. The van der Waals surface area contributed by atoms with Crippen LogP contribution in [0, 0.1) is 0 Å². The highest BCUT2D eigenvalue weighted by molar-refractivity contribution is 5.55. The Labute approximate surface area is 128 Å². The van der Waals surface area contributed by atoms with Gasteiger partial charge in [-0.2, -0.15) is 4.98 Å². The SMILES string of the molecule is CC1CN(c2ccc(N)c(OC(C)(C)C)n2)CC(C)N1C. The zero-order chi connectivity index (χ0) is 15.8. The molecule has 1 fully saturated rings. The molecule has 5 nitrogen and oxygen atoms in total. The van der Waals surface area contributed by atoms with Crippen molar-refractivity contribution >= 4 is 11.5 Å². The first-order valence-corrected chi connectivity index (χ1v) is 7.60. The summed E-state index contributed by atoms with van der Waals surface area (Å²) in [6.07, 6.45) is 0. The number of pyridine rings is 1. The molecule has 0 saturated carbocycles. The van der Waals surface area contributed by atoms with Crippen LogP contribution in [0.1, 0.15) is 34.6 Å². The molecule has 5 heteroatoms. The van der Waals surface area contributed by atoms with Gasteiger partial charge in [0.15, 0.2) is 0 Å². The molecule has 0 amide bonds. The van der Waals surface area contributed by atoms with Crippen molar-refractivity contribution in [1.82, 2.24) is 9.88 Å². The van der Waals surface area contributed by atoms with Gasteiger partial charge in [0.2, 0.25) is 5.88 Å². The standard InChI is InChI=1S/C16H28N4O/c1-11-9-20(10-12(2)19(11)6)14-8-7-13(17)15(18-14)21-16(3,4)5/h7-8,11-12H,9-10,17H2,1-6H3. The summed E-state index contributed by atoms with van der Waals surface area (Å²) in [7, 11) is 2.18. The first kappa shape index (κ1) is 15.9.